The standard InChI is InChI=1S/C54H39NS/c1-53(2)45-24-19-32(30-43(45)51-46(53)25-23-40-39-15-9-11-17-50(39)56-52(40)51)33-20-26-48-41(28-33)42-29-34(21-27-49(42)55(48)36-12-6-5-7-13-36)35-18-22-38-37-14-8-10-16-44(37)54(3,4)47(38)31-35/h5-31H,1-4H3. The lowest BCUT2D eigenvalue weighted by atomic mass is 9.81. The van der Waals surface area contributed by atoms with Crippen LogP contribution in [-0.2, 0) is 10.8 Å². The third-order valence-electron chi connectivity index (χ3n) is 13.2. The Labute approximate surface area is 331 Å². The number of hydrogen-bond acceptors (Lipinski definition) is 1. The van der Waals surface area contributed by atoms with Gasteiger partial charge in [0.2, 0.25) is 0 Å². The van der Waals surface area contributed by atoms with Crippen molar-refractivity contribution in [1.82, 2.24) is 4.57 Å². The summed E-state index contributed by atoms with van der Waals surface area (Å²) in [7, 11) is 0. The largest absolute Gasteiger partial charge is 0.309 e. The molecule has 2 aliphatic rings. The Hall–Kier alpha value is -6.22. The Morgan fingerprint density at radius 1 is 0.393 bits per heavy atom. The second-order valence-electron chi connectivity index (χ2n) is 16.9. The van der Waals surface area contributed by atoms with Crippen LogP contribution in [0.4, 0.5) is 0 Å². The van der Waals surface area contributed by atoms with E-state index in [1.54, 1.807) is 0 Å². The first kappa shape index (κ1) is 32.1. The number of hydrogen-bond donors (Lipinski definition) is 0. The van der Waals surface area contributed by atoms with Gasteiger partial charge >= 0.3 is 0 Å². The Morgan fingerprint density at radius 2 is 0.964 bits per heavy atom. The molecule has 2 heteroatoms. The summed E-state index contributed by atoms with van der Waals surface area (Å²) in [6, 6.07) is 61.8. The van der Waals surface area contributed by atoms with E-state index >= 15 is 0 Å². The highest BCUT2D eigenvalue weighted by molar-refractivity contribution is 7.26. The van der Waals surface area contributed by atoms with Gasteiger partial charge in [-0.1, -0.05) is 137 Å². The third kappa shape index (κ3) is 4.25. The summed E-state index contributed by atoms with van der Waals surface area (Å²) in [5.74, 6) is 0. The van der Waals surface area contributed by atoms with Gasteiger partial charge in [-0.05, 0) is 116 Å². The molecule has 0 unspecified atom stereocenters. The van der Waals surface area contributed by atoms with Crippen molar-refractivity contribution in [2.45, 2.75) is 38.5 Å². The van der Waals surface area contributed by atoms with Crippen LogP contribution < -0.4 is 0 Å². The lowest BCUT2D eigenvalue weighted by Crippen LogP contribution is -2.14. The molecule has 266 valence electrons. The zero-order chi connectivity index (χ0) is 37.5. The molecule has 0 bridgehead atoms. The van der Waals surface area contributed by atoms with Crippen LogP contribution in [0.1, 0.15) is 49.9 Å². The normalized spacial score (nSPS) is 14.7. The third-order valence-corrected chi connectivity index (χ3v) is 14.4. The maximum absolute atomic E-state index is 2.47. The molecule has 0 atom stereocenters. The predicted octanol–water partition coefficient (Wildman–Crippen LogP) is 15.1. The second-order valence-corrected chi connectivity index (χ2v) is 18.0. The van der Waals surface area contributed by atoms with Crippen LogP contribution in [0, 0.1) is 0 Å². The molecule has 0 N–H and O–H groups in total. The summed E-state index contributed by atoms with van der Waals surface area (Å²) >= 11 is 1.94. The fourth-order valence-electron chi connectivity index (χ4n) is 10.3. The zero-order valence-electron chi connectivity index (χ0n) is 31.9. The molecule has 0 radical (unpaired) electrons. The fraction of sp³-hybridized carbons (Fsp3) is 0.111. The maximum Gasteiger partial charge on any atom is 0.0541 e. The molecule has 12 rings (SSSR count). The molecule has 0 fully saturated rings. The molecule has 0 amide bonds. The van der Waals surface area contributed by atoms with Crippen molar-refractivity contribution in [3.8, 4) is 50.2 Å². The molecule has 0 saturated carbocycles. The minimum atomic E-state index is -0.0629. The van der Waals surface area contributed by atoms with Crippen molar-refractivity contribution in [2.75, 3.05) is 0 Å². The maximum atomic E-state index is 2.47. The van der Waals surface area contributed by atoms with Crippen molar-refractivity contribution >= 4 is 53.3 Å². The molecule has 0 saturated heterocycles. The monoisotopic (exact) mass is 733 g/mol. The van der Waals surface area contributed by atoms with E-state index in [0.29, 0.717) is 0 Å². The summed E-state index contributed by atoms with van der Waals surface area (Å²) in [6.07, 6.45) is 0. The van der Waals surface area contributed by atoms with E-state index in [1.165, 1.54) is 114 Å². The number of aromatic nitrogens is 1. The molecular formula is C54H39NS. The van der Waals surface area contributed by atoms with E-state index in [4.69, 9.17) is 0 Å². The number of benzene rings is 8. The van der Waals surface area contributed by atoms with Gasteiger partial charge in [-0.25, -0.2) is 0 Å². The molecule has 56 heavy (non-hydrogen) atoms. The van der Waals surface area contributed by atoms with Gasteiger partial charge in [-0.2, -0.15) is 0 Å². The molecular weight excluding hydrogens is 695 g/mol. The minimum Gasteiger partial charge on any atom is -0.309 e. The van der Waals surface area contributed by atoms with Crippen molar-refractivity contribution in [3.05, 3.63) is 186 Å². The molecule has 1 nitrogen and oxygen atoms in total. The molecule has 0 aliphatic heterocycles. The Bertz CT molecular complexity index is 3300. The van der Waals surface area contributed by atoms with Crippen LogP contribution in [0.3, 0.4) is 0 Å². The smallest absolute Gasteiger partial charge is 0.0541 e. The van der Waals surface area contributed by atoms with E-state index in [9.17, 15) is 0 Å². The SMILES string of the molecule is CC1(C)c2ccccc2-c2ccc(-c3ccc4c(c3)c3cc(-c5ccc6c(c5)-c5c(ccc7c5sc5ccccc57)C6(C)C)ccc3n4-c3ccccc3)cc21. The molecule has 2 aliphatic carbocycles. The number of thiophene rings is 1. The Kier molecular flexibility index (Phi) is 6.40. The number of fused-ring (bicyclic) bond motifs is 13. The molecule has 2 aromatic heterocycles. The van der Waals surface area contributed by atoms with Gasteiger partial charge in [0.1, 0.15) is 0 Å². The van der Waals surface area contributed by atoms with Crippen molar-refractivity contribution in [3.63, 3.8) is 0 Å². The quantitative estimate of drug-likeness (QED) is 0.170. The van der Waals surface area contributed by atoms with Gasteiger partial charge in [-0.15, -0.1) is 11.3 Å². The lowest BCUT2D eigenvalue weighted by molar-refractivity contribution is 0.660. The molecule has 10 aromatic rings. The first-order chi connectivity index (χ1) is 27.3. The lowest BCUT2D eigenvalue weighted by Gasteiger charge is -2.22. The van der Waals surface area contributed by atoms with Gasteiger partial charge < -0.3 is 4.57 Å². The van der Waals surface area contributed by atoms with Gasteiger partial charge in [-0.3, -0.25) is 0 Å². The second kappa shape index (κ2) is 11.2. The Morgan fingerprint density at radius 3 is 1.75 bits per heavy atom. The summed E-state index contributed by atoms with van der Waals surface area (Å²) < 4.78 is 5.19. The summed E-state index contributed by atoms with van der Waals surface area (Å²) in [5, 5.41) is 5.25. The summed E-state index contributed by atoms with van der Waals surface area (Å²) in [5.41, 5.74) is 19.7. The fourth-order valence-corrected chi connectivity index (χ4v) is 11.6. The van der Waals surface area contributed by atoms with E-state index in [-0.39, 0.29) is 10.8 Å². The summed E-state index contributed by atoms with van der Waals surface area (Å²) in [4.78, 5) is 0. The van der Waals surface area contributed by atoms with E-state index in [2.05, 4.69) is 196 Å². The molecule has 0 spiro atoms. The molecule has 8 aromatic carbocycles. The molecule has 2 heterocycles. The van der Waals surface area contributed by atoms with Crippen LogP contribution in [0.15, 0.2) is 164 Å². The predicted molar refractivity (Wildman–Crippen MR) is 240 cm³/mol. The highest BCUT2D eigenvalue weighted by atomic mass is 32.1. The topological polar surface area (TPSA) is 4.93 Å². The number of nitrogens with zero attached hydrogens (tertiary/aromatic N) is 1. The van der Waals surface area contributed by atoms with Gasteiger partial charge in [0, 0.05) is 53.0 Å². The number of rotatable bonds is 3. The van der Waals surface area contributed by atoms with Crippen LogP contribution in [0.25, 0.3) is 92.2 Å². The van der Waals surface area contributed by atoms with Crippen LogP contribution in [0.2, 0.25) is 0 Å². The van der Waals surface area contributed by atoms with Crippen LogP contribution in [-0.4, -0.2) is 4.57 Å². The average molecular weight is 734 g/mol. The van der Waals surface area contributed by atoms with Gasteiger partial charge in [0.15, 0.2) is 0 Å². The highest BCUT2D eigenvalue weighted by Gasteiger charge is 2.38. The minimum absolute atomic E-state index is 0.0430. The Balaban J connectivity index is 1.05. The van der Waals surface area contributed by atoms with Crippen molar-refractivity contribution < 1.29 is 0 Å². The van der Waals surface area contributed by atoms with E-state index in [1.807, 2.05) is 11.3 Å². The van der Waals surface area contributed by atoms with Crippen LogP contribution in [0.5, 0.6) is 0 Å². The highest BCUT2D eigenvalue weighted by Crippen LogP contribution is 2.55. The first-order valence-corrected chi connectivity index (χ1v) is 20.6. The van der Waals surface area contributed by atoms with Gasteiger partial charge in [0.05, 0.1) is 11.0 Å². The number of para-hydroxylation sites is 1. The van der Waals surface area contributed by atoms with Crippen molar-refractivity contribution in [2.24, 2.45) is 0 Å². The van der Waals surface area contributed by atoms with E-state index in [0.717, 1.165) is 0 Å². The van der Waals surface area contributed by atoms with Crippen molar-refractivity contribution in [1.29, 1.82) is 0 Å². The van der Waals surface area contributed by atoms with Gasteiger partial charge in [0.25, 0.3) is 0 Å². The zero-order valence-corrected chi connectivity index (χ0v) is 32.8. The van der Waals surface area contributed by atoms with Crippen LogP contribution >= 0.6 is 11.3 Å². The summed E-state index contributed by atoms with van der Waals surface area (Å²) in [6.45, 7) is 9.51. The van der Waals surface area contributed by atoms with E-state index < -0.39 is 0 Å². The average Bonchev–Trinajstić information content (AvgIpc) is 3.91. The first-order valence-electron chi connectivity index (χ1n) is 19.8.